The van der Waals surface area contributed by atoms with E-state index in [0.29, 0.717) is 23.2 Å². The number of primary amides is 1. The third-order valence-electron chi connectivity index (χ3n) is 3.53. The summed E-state index contributed by atoms with van der Waals surface area (Å²) in [7, 11) is 1.97. The molecule has 0 aliphatic heterocycles. The number of benzene rings is 1. The number of carbonyl (C=O) groups is 1. The maximum atomic E-state index is 11.0. The number of aromatic nitrogens is 1. The van der Waals surface area contributed by atoms with E-state index in [4.69, 9.17) is 10.5 Å². The number of nitrogens with one attached hydrogen (secondary N) is 1. The molecule has 2 aromatic rings. The van der Waals surface area contributed by atoms with E-state index in [2.05, 4.69) is 29.4 Å². The van der Waals surface area contributed by atoms with Crippen molar-refractivity contribution >= 4 is 5.91 Å². The molecule has 2 rings (SSSR count). The molecule has 116 valence electrons. The Hall–Kier alpha value is -2.40. The Bertz CT molecular complexity index is 609. The minimum atomic E-state index is -0.501. The number of hydrogen-bond donors (Lipinski definition) is 2. The van der Waals surface area contributed by atoms with Gasteiger partial charge in [0.2, 0.25) is 11.8 Å². The molecule has 1 atom stereocenters. The van der Waals surface area contributed by atoms with Gasteiger partial charge in [-0.2, -0.15) is 0 Å². The molecule has 0 saturated heterocycles. The molecule has 0 fully saturated rings. The first-order valence-corrected chi connectivity index (χ1v) is 7.28. The molecule has 0 aliphatic carbocycles. The molecule has 5 heteroatoms. The van der Waals surface area contributed by atoms with Crippen molar-refractivity contribution in [3.05, 3.63) is 53.7 Å². The van der Waals surface area contributed by atoms with Crippen LogP contribution in [0, 0.1) is 0 Å². The van der Waals surface area contributed by atoms with E-state index in [1.807, 2.05) is 19.2 Å². The second kappa shape index (κ2) is 7.56. The third kappa shape index (κ3) is 4.56. The number of ether oxygens (including phenoxy) is 1. The van der Waals surface area contributed by atoms with Crippen LogP contribution in [0.3, 0.4) is 0 Å². The maximum Gasteiger partial charge on any atom is 0.250 e. The zero-order valence-corrected chi connectivity index (χ0v) is 12.9. The van der Waals surface area contributed by atoms with Gasteiger partial charge in [-0.25, -0.2) is 4.98 Å². The number of nitrogens with two attached hydrogens (primary N) is 1. The molecule has 1 aromatic carbocycles. The molecule has 3 N–H and O–H groups in total. The van der Waals surface area contributed by atoms with Gasteiger partial charge < -0.3 is 15.8 Å². The Balaban J connectivity index is 1.94. The van der Waals surface area contributed by atoms with Crippen molar-refractivity contribution in [3.8, 4) is 11.6 Å². The van der Waals surface area contributed by atoms with E-state index in [0.717, 1.165) is 12.8 Å². The van der Waals surface area contributed by atoms with E-state index >= 15 is 0 Å². The topological polar surface area (TPSA) is 77.2 Å². The Morgan fingerprint density at radius 2 is 2.00 bits per heavy atom. The maximum absolute atomic E-state index is 11.0. The van der Waals surface area contributed by atoms with Crippen LogP contribution < -0.4 is 15.8 Å². The Morgan fingerprint density at radius 3 is 2.55 bits per heavy atom. The first-order chi connectivity index (χ1) is 10.6. The van der Waals surface area contributed by atoms with E-state index in [1.54, 1.807) is 12.1 Å². The molecule has 0 saturated carbocycles. The summed E-state index contributed by atoms with van der Waals surface area (Å²) in [4.78, 5) is 15.0. The average molecular weight is 299 g/mol. The number of aryl methyl sites for hydroxylation is 1. The zero-order chi connectivity index (χ0) is 15.9. The number of hydrogen-bond acceptors (Lipinski definition) is 4. The molecule has 1 unspecified atom stereocenters. The molecule has 0 spiro atoms. The van der Waals surface area contributed by atoms with Crippen molar-refractivity contribution in [1.82, 2.24) is 10.3 Å². The van der Waals surface area contributed by atoms with Crippen LogP contribution in [0.25, 0.3) is 0 Å². The van der Waals surface area contributed by atoms with E-state index < -0.39 is 5.91 Å². The molecule has 1 amide bonds. The first kappa shape index (κ1) is 16.0. The summed E-state index contributed by atoms with van der Waals surface area (Å²) in [5.41, 5.74) is 6.80. The van der Waals surface area contributed by atoms with Gasteiger partial charge in [0.25, 0.3) is 0 Å². The van der Waals surface area contributed by atoms with Crippen LogP contribution in [-0.4, -0.2) is 24.0 Å². The molecule has 22 heavy (non-hydrogen) atoms. The number of rotatable bonds is 7. The minimum absolute atomic E-state index is 0.362. The van der Waals surface area contributed by atoms with Crippen LogP contribution in [0.5, 0.6) is 11.6 Å². The van der Waals surface area contributed by atoms with E-state index in [9.17, 15) is 4.79 Å². The molecular weight excluding hydrogens is 278 g/mol. The summed E-state index contributed by atoms with van der Waals surface area (Å²) in [6.45, 7) is 2.17. The summed E-state index contributed by atoms with van der Waals surface area (Å²) < 4.78 is 5.64. The smallest absolute Gasteiger partial charge is 0.250 e. The van der Waals surface area contributed by atoms with Crippen LogP contribution in [-0.2, 0) is 6.42 Å². The highest BCUT2D eigenvalue weighted by atomic mass is 16.5. The van der Waals surface area contributed by atoms with Crippen molar-refractivity contribution in [1.29, 1.82) is 0 Å². The fourth-order valence-corrected chi connectivity index (χ4v) is 1.96. The predicted molar refractivity (Wildman–Crippen MR) is 86.1 cm³/mol. The van der Waals surface area contributed by atoms with Crippen LogP contribution in [0.1, 0.15) is 29.3 Å². The van der Waals surface area contributed by atoms with Crippen LogP contribution in [0.15, 0.2) is 42.6 Å². The number of carbonyl (C=O) groups excluding carboxylic acids is 1. The van der Waals surface area contributed by atoms with Crippen LogP contribution in [0.2, 0.25) is 0 Å². The normalized spacial score (nSPS) is 11.9. The highest BCUT2D eigenvalue weighted by Crippen LogP contribution is 2.20. The van der Waals surface area contributed by atoms with Crippen molar-refractivity contribution < 1.29 is 9.53 Å². The largest absolute Gasteiger partial charge is 0.439 e. The van der Waals surface area contributed by atoms with Gasteiger partial charge in [0.1, 0.15) is 5.75 Å². The third-order valence-corrected chi connectivity index (χ3v) is 3.53. The minimum Gasteiger partial charge on any atom is -0.439 e. The van der Waals surface area contributed by atoms with Gasteiger partial charge >= 0.3 is 0 Å². The second-order valence-electron chi connectivity index (χ2n) is 5.22. The zero-order valence-electron chi connectivity index (χ0n) is 12.9. The van der Waals surface area contributed by atoms with Crippen molar-refractivity contribution in [2.45, 2.75) is 25.8 Å². The fourth-order valence-electron chi connectivity index (χ4n) is 1.96. The van der Waals surface area contributed by atoms with Gasteiger partial charge in [-0.05, 0) is 50.6 Å². The summed E-state index contributed by atoms with van der Waals surface area (Å²) in [5.74, 6) is 0.644. The van der Waals surface area contributed by atoms with Gasteiger partial charge in [0.15, 0.2) is 0 Å². The van der Waals surface area contributed by atoms with Gasteiger partial charge in [-0.15, -0.1) is 0 Å². The molecular formula is C17H21N3O2. The summed E-state index contributed by atoms with van der Waals surface area (Å²) in [5, 5.41) is 3.23. The fraction of sp³-hybridized carbons (Fsp3) is 0.294. The van der Waals surface area contributed by atoms with Crippen molar-refractivity contribution in [2.24, 2.45) is 5.73 Å². The summed E-state index contributed by atoms with van der Waals surface area (Å²) >= 11 is 0. The lowest BCUT2D eigenvalue weighted by Crippen LogP contribution is -2.21. The lowest BCUT2D eigenvalue weighted by atomic mass is 10.1. The van der Waals surface area contributed by atoms with Crippen molar-refractivity contribution in [3.63, 3.8) is 0 Å². The Kier molecular flexibility index (Phi) is 5.49. The molecule has 0 bridgehead atoms. The summed E-state index contributed by atoms with van der Waals surface area (Å²) in [6, 6.07) is 11.7. The second-order valence-corrected chi connectivity index (χ2v) is 5.22. The standard InChI is InChI=1S/C17H21N3O2/c1-12(19-2)3-4-13-5-8-15(9-6-13)22-16-10-7-14(11-20-16)17(18)21/h5-12,19H,3-4H2,1-2H3,(H2,18,21). The lowest BCUT2D eigenvalue weighted by Gasteiger charge is -2.10. The van der Waals surface area contributed by atoms with Crippen molar-refractivity contribution in [2.75, 3.05) is 7.05 Å². The lowest BCUT2D eigenvalue weighted by molar-refractivity contribution is 0.1000. The Morgan fingerprint density at radius 1 is 1.27 bits per heavy atom. The number of nitrogens with zero attached hydrogens (tertiary/aromatic N) is 1. The highest BCUT2D eigenvalue weighted by Gasteiger charge is 2.04. The predicted octanol–water partition coefficient (Wildman–Crippen LogP) is 2.51. The molecule has 0 aliphatic rings. The monoisotopic (exact) mass is 299 g/mol. The quantitative estimate of drug-likeness (QED) is 0.823. The van der Waals surface area contributed by atoms with Gasteiger partial charge in [-0.3, -0.25) is 4.79 Å². The van der Waals surface area contributed by atoms with Gasteiger partial charge in [0.05, 0.1) is 5.56 Å². The van der Waals surface area contributed by atoms with Crippen LogP contribution in [0.4, 0.5) is 0 Å². The highest BCUT2D eigenvalue weighted by molar-refractivity contribution is 5.92. The van der Waals surface area contributed by atoms with E-state index in [-0.39, 0.29) is 0 Å². The molecule has 1 aromatic heterocycles. The number of pyridine rings is 1. The van der Waals surface area contributed by atoms with Gasteiger partial charge in [0, 0.05) is 18.3 Å². The summed E-state index contributed by atoms with van der Waals surface area (Å²) in [6.07, 6.45) is 3.52. The SMILES string of the molecule is CNC(C)CCc1ccc(Oc2ccc(C(N)=O)cn2)cc1. The van der Waals surface area contributed by atoms with E-state index in [1.165, 1.54) is 11.8 Å². The number of amides is 1. The van der Waals surface area contributed by atoms with Crippen LogP contribution >= 0.6 is 0 Å². The Labute approximate surface area is 130 Å². The van der Waals surface area contributed by atoms with Gasteiger partial charge in [-0.1, -0.05) is 12.1 Å². The molecule has 0 radical (unpaired) electrons. The average Bonchev–Trinajstić information content (AvgIpc) is 2.54. The first-order valence-electron chi connectivity index (χ1n) is 7.28. The molecule has 1 heterocycles. The molecule has 5 nitrogen and oxygen atoms in total.